The van der Waals surface area contributed by atoms with Crippen molar-refractivity contribution in [2.45, 2.75) is 4.90 Å². The molecule has 7 nitrogen and oxygen atoms in total. The molecule has 2 heterocycles. The number of benzene rings is 2. The summed E-state index contributed by atoms with van der Waals surface area (Å²) in [6.45, 7) is 0. The van der Waals surface area contributed by atoms with E-state index in [-0.39, 0.29) is 27.4 Å². The summed E-state index contributed by atoms with van der Waals surface area (Å²) in [5.74, 6) is -0.180. The van der Waals surface area contributed by atoms with Crippen LogP contribution in [0.25, 0.3) is 22.3 Å². The van der Waals surface area contributed by atoms with Gasteiger partial charge in [0.15, 0.2) is 20.8 Å². The van der Waals surface area contributed by atoms with Crippen molar-refractivity contribution in [2.24, 2.45) is 0 Å². The van der Waals surface area contributed by atoms with E-state index >= 15 is 0 Å². The Kier molecular flexibility index (Phi) is 4.93. The number of para-hydroxylation sites is 1. The first-order chi connectivity index (χ1) is 14.3. The molecule has 0 fully saturated rings. The van der Waals surface area contributed by atoms with Crippen LogP contribution in [-0.4, -0.2) is 25.6 Å². The van der Waals surface area contributed by atoms with Crippen molar-refractivity contribution < 1.29 is 17.6 Å². The van der Waals surface area contributed by atoms with Crippen molar-refractivity contribution >= 4 is 32.4 Å². The number of nitrogens with one attached hydrogen (secondary N) is 1. The van der Waals surface area contributed by atoms with Crippen LogP contribution in [0.1, 0.15) is 10.5 Å². The number of sulfone groups is 1. The highest BCUT2D eigenvalue weighted by atomic mass is 32.2. The summed E-state index contributed by atoms with van der Waals surface area (Å²) in [6.07, 6.45) is 2.63. The van der Waals surface area contributed by atoms with Crippen LogP contribution in [0.3, 0.4) is 0 Å². The minimum atomic E-state index is -3.34. The molecule has 1 amide bonds. The van der Waals surface area contributed by atoms with Gasteiger partial charge in [-0.3, -0.25) is 14.6 Å². The van der Waals surface area contributed by atoms with Gasteiger partial charge in [0.1, 0.15) is 11.5 Å². The van der Waals surface area contributed by atoms with Gasteiger partial charge in [-0.15, -0.1) is 0 Å². The third-order valence-corrected chi connectivity index (χ3v) is 5.60. The Morgan fingerprint density at radius 2 is 1.77 bits per heavy atom. The fraction of sp³-hybridized carbons (Fsp3) is 0.0455. The van der Waals surface area contributed by atoms with E-state index in [0.29, 0.717) is 16.6 Å². The maximum atomic E-state index is 12.6. The highest BCUT2D eigenvalue weighted by Crippen LogP contribution is 2.28. The topological polar surface area (TPSA) is 106 Å². The molecule has 0 saturated heterocycles. The highest BCUT2D eigenvalue weighted by Gasteiger charge is 2.14. The van der Waals surface area contributed by atoms with Crippen molar-refractivity contribution in [1.29, 1.82) is 0 Å². The van der Waals surface area contributed by atoms with Crippen LogP contribution in [0.5, 0.6) is 0 Å². The van der Waals surface area contributed by atoms with E-state index < -0.39 is 15.7 Å². The summed E-state index contributed by atoms with van der Waals surface area (Å²) < 4.78 is 29.2. The van der Waals surface area contributed by atoms with Crippen LogP contribution >= 0.6 is 0 Å². The molecule has 0 atom stereocenters. The van der Waals surface area contributed by atoms with Gasteiger partial charge in [-0.2, -0.15) is 0 Å². The van der Waals surface area contributed by atoms with E-state index in [4.69, 9.17) is 4.42 Å². The lowest BCUT2D eigenvalue weighted by Gasteiger charge is -2.09. The second-order valence-electron chi connectivity index (χ2n) is 6.62. The van der Waals surface area contributed by atoms with Gasteiger partial charge < -0.3 is 9.73 Å². The molecule has 2 aromatic heterocycles. The molecule has 4 rings (SSSR count). The molecule has 0 bridgehead atoms. The van der Waals surface area contributed by atoms with E-state index in [9.17, 15) is 18.0 Å². The van der Waals surface area contributed by atoms with Crippen LogP contribution in [-0.2, 0) is 9.84 Å². The van der Waals surface area contributed by atoms with E-state index in [1.165, 1.54) is 24.4 Å². The number of anilines is 1. The largest absolute Gasteiger partial charge is 0.454 e. The lowest BCUT2D eigenvalue weighted by atomic mass is 10.1. The molecule has 0 aliphatic heterocycles. The molecule has 0 aliphatic carbocycles. The molecular weight excluding hydrogens is 404 g/mol. The van der Waals surface area contributed by atoms with Crippen molar-refractivity contribution in [3.8, 4) is 11.3 Å². The first-order valence-electron chi connectivity index (χ1n) is 8.93. The Morgan fingerprint density at radius 1 is 1.00 bits per heavy atom. The van der Waals surface area contributed by atoms with Gasteiger partial charge in [-0.25, -0.2) is 8.42 Å². The van der Waals surface area contributed by atoms with Gasteiger partial charge in [0, 0.05) is 24.1 Å². The SMILES string of the molecule is CS(=O)(=O)c1ccc(-c2cc(=O)c3cccc(NC(=O)c4ccccn4)c3o2)cc1. The third-order valence-electron chi connectivity index (χ3n) is 4.47. The van der Waals surface area contributed by atoms with Gasteiger partial charge in [0.25, 0.3) is 5.91 Å². The lowest BCUT2D eigenvalue weighted by molar-refractivity contribution is 0.102. The van der Waals surface area contributed by atoms with Crippen molar-refractivity contribution in [3.63, 3.8) is 0 Å². The van der Waals surface area contributed by atoms with Crippen molar-refractivity contribution in [3.05, 3.63) is 88.8 Å². The van der Waals surface area contributed by atoms with E-state index in [0.717, 1.165) is 6.26 Å². The average Bonchev–Trinajstić information content (AvgIpc) is 2.74. The van der Waals surface area contributed by atoms with Gasteiger partial charge in [0.05, 0.1) is 16.0 Å². The van der Waals surface area contributed by atoms with E-state index in [2.05, 4.69) is 10.3 Å². The third kappa shape index (κ3) is 3.85. The van der Waals surface area contributed by atoms with Gasteiger partial charge in [0.2, 0.25) is 0 Å². The normalized spacial score (nSPS) is 11.4. The fourth-order valence-corrected chi connectivity index (χ4v) is 3.60. The Hall–Kier alpha value is -3.78. The second kappa shape index (κ2) is 7.57. The molecule has 0 radical (unpaired) electrons. The van der Waals surface area contributed by atoms with Crippen LogP contribution in [0, 0.1) is 0 Å². The summed E-state index contributed by atoms with van der Waals surface area (Å²) in [5.41, 5.74) is 1.02. The standard InChI is InChI=1S/C22H16N2O5S/c1-30(27,28)15-10-8-14(9-11-15)20-13-19(25)16-5-4-7-17(21(16)29-20)24-22(26)18-6-2-3-12-23-18/h2-13H,1H3,(H,24,26). The van der Waals surface area contributed by atoms with E-state index in [1.54, 1.807) is 48.5 Å². The molecule has 0 saturated carbocycles. The molecular formula is C22H16N2O5S. The van der Waals surface area contributed by atoms with Crippen LogP contribution in [0.2, 0.25) is 0 Å². The Morgan fingerprint density at radius 3 is 2.43 bits per heavy atom. The molecule has 0 aliphatic rings. The number of amides is 1. The Balaban J connectivity index is 1.78. The number of rotatable bonds is 4. The number of fused-ring (bicyclic) bond motifs is 1. The lowest BCUT2D eigenvalue weighted by Crippen LogP contribution is -2.14. The predicted octanol–water partition coefficient (Wildman–Crippen LogP) is 3.51. The molecule has 0 spiro atoms. The molecule has 2 aromatic carbocycles. The molecule has 150 valence electrons. The summed E-state index contributed by atoms with van der Waals surface area (Å²) in [6, 6.07) is 17.2. The molecule has 4 aromatic rings. The zero-order valence-corrected chi connectivity index (χ0v) is 16.6. The predicted molar refractivity (Wildman–Crippen MR) is 113 cm³/mol. The van der Waals surface area contributed by atoms with Crippen LogP contribution in [0.4, 0.5) is 5.69 Å². The average molecular weight is 420 g/mol. The number of carbonyl (C=O) groups excluding carboxylic acids is 1. The minimum absolute atomic E-state index is 0.165. The molecule has 8 heteroatoms. The van der Waals surface area contributed by atoms with Gasteiger partial charge >= 0.3 is 0 Å². The minimum Gasteiger partial charge on any atom is -0.454 e. The second-order valence-corrected chi connectivity index (χ2v) is 8.64. The van der Waals surface area contributed by atoms with Gasteiger partial charge in [-0.05, 0) is 48.5 Å². The first-order valence-corrected chi connectivity index (χ1v) is 10.8. The monoisotopic (exact) mass is 420 g/mol. The summed E-state index contributed by atoms with van der Waals surface area (Å²) in [5, 5.41) is 3.03. The zero-order chi connectivity index (χ0) is 21.3. The molecule has 0 unspecified atom stereocenters. The number of pyridine rings is 1. The summed E-state index contributed by atoms with van der Waals surface area (Å²) in [4.78, 5) is 29.3. The van der Waals surface area contributed by atoms with Crippen LogP contribution in [0.15, 0.2) is 87.0 Å². The fourth-order valence-electron chi connectivity index (χ4n) is 2.97. The first kappa shape index (κ1) is 19.5. The van der Waals surface area contributed by atoms with Gasteiger partial charge in [-0.1, -0.05) is 12.1 Å². The summed E-state index contributed by atoms with van der Waals surface area (Å²) in [7, 11) is -3.34. The zero-order valence-electron chi connectivity index (χ0n) is 15.8. The number of aromatic nitrogens is 1. The maximum absolute atomic E-state index is 12.6. The molecule has 30 heavy (non-hydrogen) atoms. The van der Waals surface area contributed by atoms with Crippen molar-refractivity contribution in [1.82, 2.24) is 4.98 Å². The quantitative estimate of drug-likeness (QED) is 0.541. The number of hydrogen-bond donors (Lipinski definition) is 1. The Bertz CT molecular complexity index is 1410. The number of carbonyl (C=O) groups is 1. The highest BCUT2D eigenvalue weighted by molar-refractivity contribution is 7.90. The summed E-state index contributed by atoms with van der Waals surface area (Å²) >= 11 is 0. The van der Waals surface area contributed by atoms with Crippen LogP contribution < -0.4 is 10.7 Å². The smallest absolute Gasteiger partial charge is 0.274 e. The van der Waals surface area contributed by atoms with Crippen molar-refractivity contribution in [2.75, 3.05) is 11.6 Å². The molecule has 1 N–H and O–H groups in total. The Labute approximate surface area is 171 Å². The number of nitrogens with zero attached hydrogens (tertiary/aromatic N) is 1. The van der Waals surface area contributed by atoms with E-state index in [1.807, 2.05) is 0 Å². The maximum Gasteiger partial charge on any atom is 0.274 e. The number of hydrogen-bond acceptors (Lipinski definition) is 6.